The summed E-state index contributed by atoms with van der Waals surface area (Å²) >= 11 is 5.81. The van der Waals surface area contributed by atoms with Crippen LogP contribution in [0.15, 0.2) is 53.6 Å². The zero-order valence-electron chi connectivity index (χ0n) is 12.5. The molecule has 0 radical (unpaired) electrons. The van der Waals surface area contributed by atoms with Crippen LogP contribution in [0.4, 0.5) is 24.5 Å². The van der Waals surface area contributed by atoms with Gasteiger partial charge in [-0.1, -0.05) is 23.7 Å². The molecular weight excluding hydrogens is 359 g/mol. The lowest BCUT2D eigenvalue weighted by Crippen LogP contribution is -2.05. The van der Waals surface area contributed by atoms with Crippen LogP contribution in [-0.4, -0.2) is 11.1 Å². The van der Waals surface area contributed by atoms with Gasteiger partial charge in [0.1, 0.15) is 0 Å². The Hall–Kier alpha value is -2.87. The lowest BCUT2D eigenvalue weighted by Gasteiger charge is -2.09. The fourth-order valence-corrected chi connectivity index (χ4v) is 2.04. The first-order chi connectivity index (χ1) is 11.8. The Labute approximate surface area is 145 Å². The molecule has 0 aliphatic heterocycles. The highest BCUT2D eigenvalue weighted by Gasteiger charge is 2.30. The molecule has 5 nitrogen and oxygen atoms in total. The van der Waals surface area contributed by atoms with E-state index in [2.05, 4.69) is 10.5 Å². The van der Waals surface area contributed by atoms with E-state index in [9.17, 15) is 23.3 Å². The minimum atomic E-state index is -4.49. The number of allylic oxidation sites excluding steroid dienone is 1. The second kappa shape index (κ2) is 7.80. The molecule has 0 bridgehead atoms. The first kappa shape index (κ1) is 18.5. The summed E-state index contributed by atoms with van der Waals surface area (Å²) in [7, 11) is 0. The van der Waals surface area contributed by atoms with E-state index in [1.54, 1.807) is 18.2 Å². The summed E-state index contributed by atoms with van der Waals surface area (Å²) in [5.74, 6) is 0. The standard InChI is InChI=1S/C16H11ClF3N3O2/c17-13-8-7-12(16(18,19)20)10-14(13)22-21-9-3-5-11-4-1-2-6-15(11)23(24)25/h1-10,22H. The minimum Gasteiger partial charge on any atom is -0.277 e. The van der Waals surface area contributed by atoms with Crippen LogP contribution in [0.25, 0.3) is 6.08 Å². The molecule has 0 unspecified atom stereocenters. The molecule has 0 spiro atoms. The Morgan fingerprint density at radius 2 is 1.92 bits per heavy atom. The van der Waals surface area contributed by atoms with Crippen molar-refractivity contribution in [1.29, 1.82) is 0 Å². The highest BCUT2D eigenvalue weighted by Crippen LogP contribution is 2.33. The zero-order chi connectivity index (χ0) is 18.4. The number of benzene rings is 2. The van der Waals surface area contributed by atoms with E-state index in [1.165, 1.54) is 24.4 Å². The third kappa shape index (κ3) is 5.05. The van der Waals surface area contributed by atoms with Gasteiger partial charge in [0.05, 0.1) is 26.8 Å². The maximum absolute atomic E-state index is 12.7. The van der Waals surface area contributed by atoms with E-state index in [4.69, 9.17) is 11.6 Å². The first-order valence-corrected chi connectivity index (χ1v) is 7.23. The van der Waals surface area contributed by atoms with Gasteiger partial charge in [0, 0.05) is 12.3 Å². The number of nitrogens with zero attached hydrogens (tertiary/aromatic N) is 2. The molecule has 0 aliphatic carbocycles. The van der Waals surface area contributed by atoms with Gasteiger partial charge < -0.3 is 0 Å². The summed E-state index contributed by atoms with van der Waals surface area (Å²) in [6.45, 7) is 0. The molecule has 9 heteroatoms. The van der Waals surface area contributed by atoms with E-state index < -0.39 is 16.7 Å². The SMILES string of the molecule is O=[N+]([O-])c1ccccc1C=CC=NNc1cc(C(F)(F)F)ccc1Cl. The monoisotopic (exact) mass is 369 g/mol. The van der Waals surface area contributed by atoms with Crippen LogP contribution >= 0.6 is 11.6 Å². The number of rotatable bonds is 5. The molecule has 2 rings (SSSR count). The average Bonchev–Trinajstić information content (AvgIpc) is 2.55. The summed E-state index contributed by atoms with van der Waals surface area (Å²) in [5.41, 5.74) is 1.84. The maximum atomic E-state index is 12.7. The van der Waals surface area contributed by atoms with Gasteiger partial charge in [0.25, 0.3) is 5.69 Å². The number of alkyl halides is 3. The van der Waals surface area contributed by atoms with Gasteiger partial charge in [-0.2, -0.15) is 18.3 Å². The van der Waals surface area contributed by atoms with Crippen molar-refractivity contribution in [3.63, 3.8) is 0 Å². The summed E-state index contributed by atoms with van der Waals surface area (Å²) in [6, 6.07) is 8.92. The molecule has 0 aliphatic rings. The Morgan fingerprint density at radius 3 is 2.60 bits per heavy atom. The fraction of sp³-hybridized carbons (Fsp3) is 0.0625. The number of anilines is 1. The smallest absolute Gasteiger partial charge is 0.277 e. The van der Waals surface area contributed by atoms with Crippen LogP contribution in [0.3, 0.4) is 0 Å². The molecule has 0 saturated heterocycles. The van der Waals surface area contributed by atoms with Crippen LogP contribution in [0.2, 0.25) is 5.02 Å². The van der Waals surface area contributed by atoms with Crippen LogP contribution in [0, 0.1) is 10.1 Å². The lowest BCUT2D eigenvalue weighted by molar-refractivity contribution is -0.385. The van der Waals surface area contributed by atoms with Crippen molar-refractivity contribution in [3.8, 4) is 0 Å². The van der Waals surface area contributed by atoms with Crippen molar-refractivity contribution in [2.45, 2.75) is 6.18 Å². The molecule has 0 amide bonds. The molecular formula is C16H11ClF3N3O2. The minimum absolute atomic E-state index is 0.00756. The van der Waals surface area contributed by atoms with E-state index in [1.807, 2.05) is 0 Å². The van der Waals surface area contributed by atoms with Crippen molar-refractivity contribution >= 4 is 35.3 Å². The number of para-hydroxylation sites is 1. The van der Waals surface area contributed by atoms with Crippen molar-refractivity contribution < 1.29 is 18.1 Å². The summed E-state index contributed by atoms with van der Waals surface area (Å²) in [4.78, 5) is 10.3. The molecule has 0 atom stereocenters. The van der Waals surface area contributed by atoms with Gasteiger partial charge in [-0.3, -0.25) is 15.5 Å². The van der Waals surface area contributed by atoms with Crippen LogP contribution in [-0.2, 0) is 6.18 Å². The topological polar surface area (TPSA) is 67.5 Å². The highest BCUT2D eigenvalue weighted by molar-refractivity contribution is 6.33. The quantitative estimate of drug-likeness (QED) is 0.437. The van der Waals surface area contributed by atoms with Crippen LogP contribution in [0.1, 0.15) is 11.1 Å². The van der Waals surface area contributed by atoms with Crippen molar-refractivity contribution in [1.82, 2.24) is 0 Å². The van der Waals surface area contributed by atoms with Crippen LogP contribution in [0.5, 0.6) is 0 Å². The molecule has 25 heavy (non-hydrogen) atoms. The molecule has 0 heterocycles. The number of halogens is 4. The zero-order valence-corrected chi connectivity index (χ0v) is 13.3. The van der Waals surface area contributed by atoms with Gasteiger partial charge in [0.2, 0.25) is 0 Å². The number of hydrogen-bond acceptors (Lipinski definition) is 4. The summed E-state index contributed by atoms with van der Waals surface area (Å²) < 4.78 is 38.0. The van der Waals surface area contributed by atoms with Crippen LogP contribution < -0.4 is 5.43 Å². The summed E-state index contributed by atoms with van der Waals surface area (Å²) in [5, 5.41) is 14.7. The largest absolute Gasteiger partial charge is 0.416 e. The second-order valence-electron chi connectivity index (χ2n) is 4.76. The molecule has 0 fully saturated rings. The number of hydrazone groups is 1. The fourth-order valence-electron chi connectivity index (χ4n) is 1.88. The number of nitro groups is 1. The molecule has 2 aromatic rings. The number of nitro benzene ring substituents is 1. The van der Waals surface area contributed by atoms with Gasteiger partial charge in [-0.05, 0) is 36.4 Å². The number of nitrogens with one attached hydrogen (secondary N) is 1. The van der Waals surface area contributed by atoms with Crippen molar-refractivity contribution in [2.24, 2.45) is 5.10 Å². The van der Waals surface area contributed by atoms with E-state index in [-0.39, 0.29) is 16.4 Å². The molecule has 0 aromatic heterocycles. The Balaban J connectivity index is 2.09. The molecule has 2 aromatic carbocycles. The first-order valence-electron chi connectivity index (χ1n) is 6.85. The Morgan fingerprint density at radius 1 is 1.20 bits per heavy atom. The predicted octanol–water partition coefficient (Wildman–Crippen LogP) is 5.38. The van der Waals surface area contributed by atoms with Crippen molar-refractivity contribution in [2.75, 3.05) is 5.43 Å². The maximum Gasteiger partial charge on any atom is 0.416 e. The van der Waals surface area contributed by atoms with E-state index in [0.29, 0.717) is 5.56 Å². The van der Waals surface area contributed by atoms with Gasteiger partial charge in [-0.25, -0.2) is 0 Å². The van der Waals surface area contributed by atoms with Crippen molar-refractivity contribution in [3.05, 3.63) is 74.8 Å². The van der Waals surface area contributed by atoms with E-state index in [0.717, 1.165) is 18.2 Å². The molecule has 0 saturated carbocycles. The van der Waals surface area contributed by atoms with Gasteiger partial charge >= 0.3 is 6.18 Å². The third-order valence-corrected chi connectivity index (χ3v) is 3.38. The normalized spacial score (nSPS) is 12.0. The predicted molar refractivity (Wildman–Crippen MR) is 90.7 cm³/mol. The second-order valence-corrected chi connectivity index (χ2v) is 5.16. The Bertz CT molecular complexity index is 836. The summed E-state index contributed by atoms with van der Waals surface area (Å²) in [6.07, 6.45) is -0.377. The number of hydrogen-bond donors (Lipinski definition) is 1. The van der Waals surface area contributed by atoms with Gasteiger partial charge in [-0.15, -0.1) is 0 Å². The average molecular weight is 370 g/mol. The van der Waals surface area contributed by atoms with Gasteiger partial charge in [0.15, 0.2) is 0 Å². The van der Waals surface area contributed by atoms with E-state index >= 15 is 0 Å². The highest BCUT2D eigenvalue weighted by atomic mass is 35.5. The third-order valence-electron chi connectivity index (χ3n) is 3.05. The molecule has 130 valence electrons. The molecule has 1 N–H and O–H groups in total. The lowest BCUT2D eigenvalue weighted by atomic mass is 10.1. The Kier molecular flexibility index (Phi) is 5.76.